The van der Waals surface area contributed by atoms with Crippen molar-refractivity contribution in [2.45, 2.75) is 32.9 Å². The molecule has 0 fully saturated rings. The predicted molar refractivity (Wildman–Crippen MR) is 49.7 cm³/mol. The van der Waals surface area contributed by atoms with E-state index in [-0.39, 0.29) is 17.9 Å². The lowest BCUT2D eigenvalue weighted by molar-refractivity contribution is 0.237. The molecule has 0 aromatic heterocycles. The van der Waals surface area contributed by atoms with Crippen molar-refractivity contribution in [2.24, 2.45) is 10.9 Å². The third-order valence-corrected chi connectivity index (χ3v) is 1.33. The minimum absolute atomic E-state index is 0.0288. The lowest BCUT2D eigenvalue weighted by atomic mass is 10.3. The number of oxime groups is 1. The second-order valence-electron chi connectivity index (χ2n) is 3.02. The molecular weight excluding hydrogens is 172 g/mol. The largest absolute Gasteiger partial charge is 0.409 e. The SMILES string of the molecule is CC(C)NC(=O)NC(C)/C(N)=N/O. The van der Waals surface area contributed by atoms with E-state index < -0.39 is 6.04 Å². The Balaban J connectivity index is 3.92. The molecule has 0 spiro atoms. The number of hydrogen-bond donors (Lipinski definition) is 4. The molecule has 6 nitrogen and oxygen atoms in total. The Morgan fingerprint density at radius 1 is 1.38 bits per heavy atom. The number of nitrogens with zero attached hydrogens (tertiary/aromatic N) is 1. The Hall–Kier alpha value is -1.46. The van der Waals surface area contributed by atoms with Crippen LogP contribution in [0.3, 0.4) is 0 Å². The van der Waals surface area contributed by atoms with Gasteiger partial charge in [0.05, 0.1) is 6.04 Å². The van der Waals surface area contributed by atoms with Crippen LogP contribution in [0.15, 0.2) is 5.16 Å². The number of amides is 2. The van der Waals surface area contributed by atoms with Crippen LogP contribution in [-0.2, 0) is 0 Å². The van der Waals surface area contributed by atoms with Crippen LogP contribution < -0.4 is 16.4 Å². The Labute approximate surface area is 77.2 Å². The van der Waals surface area contributed by atoms with Gasteiger partial charge in [-0.1, -0.05) is 5.16 Å². The molecule has 0 aromatic carbocycles. The van der Waals surface area contributed by atoms with Crippen molar-refractivity contribution in [3.63, 3.8) is 0 Å². The fourth-order valence-corrected chi connectivity index (χ4v) is 0.661. The molecule has 0 aliphatic rings. The maximum atomic E-state index is 11.1. The minimum atomic E-state index is -0.483. The summed E-state index contributed by atoms with van der Waals surface area (Å²) in [5, 5.41) is 16.2. The number of nitrogens with one attached hydrogen (secondary N) is 2. The van der Waals surface area contributed by atoms with E-state index in [0.717, 1.165) is 0 Å². The summed E-state index contributed by atoms with van der Waals surface area (Å²) in [6, 6.07) is -0.766. The summed E-state index contributed by atoms with van der Waals surface area (Å²) in [6.07, 6.45) is 0. The van der Waals surface area contributed by atoms with Crippen molar-refractivity contribution in [1.82, 2.24) is 10.6 Å². The number of carbonyl (C=O) groups excluding carboxylic acids is 1. The van der Waals surface area contributed by atoms with Gasteiger partial charge < -0.3 is 21.6 Å². The van der Waals surface area contributed by atoms with Crippen LogP contribution in [0.25, 0.3) is 0 Å². The third-order valence-electron chi connectivity index (χ3n) is 1.33. The Morgan fingerprint density at radius 3 is 2.31 bits per heavy atom. The Morgan fingerprint density at radius 2 is 1.92 bits per heavy atom. The summed E-state index contributed by atoms with van der Waals surface area (Å²) < 4.78 is 0. The van der Waals surface area contributed by atoms with E-state index in [4.69, 9.17) is 10.9 Å². The first-order valence-corrected chi connectivity index (χ1v) is 4.01. The van der Waals surface area contributed by atoms with Crippen LogP contribution >= 0.6 is 0 Å². The fourth-order valence-electron chi connectivity index (χ4n) is 0.661. The summed E-state index contributed by atoms with van der Waals surface area (Å²) in [6.45, 7) is 5.30. The van der Waals surface area contributed by atoms with Gasteiger partial charge in [-0.25, -0.2) is 4.79 Å². The highest BCUT2D eigenvalue weighted by atomic mass is 16.4. The zero-order chi connectivity index (χ0) is 10.4. The van der Waals surface area contributed by atoms with Crippen LogP contribution in [0.4, 0.5) is 4.79 Å². The standard InChI is InChI=1S/C7H16N4O2/c1-4(2)9-7(12)10-5(3)6(8)11-13/h4-5,13H,1-3H3,(H2,8,11)(H2,9,10,12). The predicted octanol–water partition coefficient (Wildman–Crippen LogP) is -0.171. The molecule has 13 heavy (non-hydrogen) atoms. The van der Waals surface area contributed by atoms with Crippen LogP contribution in [0.5, 0.6) is 0 Å². The molecular formula is C7H16N4O2. The molecule has 0 heterocycles. The monoisotopic (exact) mass is 188 g/mol. The van der Waals surface area contributed by atoms with Gasteiger partial charge in [0.15, 0.2) is 5.84 Å². The van der Waals surface area contributed by atoms with Gasteiger partial charge in [-0.05, 0) is 20.8 Å². The van der Waals surface area contributed by atoms with Gasteiger partial charge in [0.1, 0.15) is 0 Å². The van der Waals surface area contributed by atoms with E-state index >= 15 is 0 Å². The average molecular weight is 188 g/mol. The summed E-state index contributed by atoms with van der Waals surface area (Å²) >= 11 is 0. The van der Waals surface area contributed by atoms with E-state index in [1.807, 2.05) is 13.8 Å². The molecule has 76 valence electrons. The molecule has 0 saturated carbocycles. The molecule has 1 unspecified atom stereocenters. The summed E-state index contributed by atoms with van der Waals surface area (Å²) in [5.74, 6) is -0.0288. The maximum absolute atomic E-state index is 11.1. The van der Waals surface area contributed by atoms with Crippen LogP contribution in [-0.4, -0.2) is 29.2 Å². The highest BCUT2D eigenvalue weighted by Crippen LogP contribution is 1.83. The summed E-state index contributed by atoms with van der Waals surface area (Å²) in [5.41, 5.74) is 5.25. The van der Waals surface area contributed by atoms with E-state index in [1.165, 1.54) is 0 Å². The summed E-state index contributed by atoms with van der Waals surface area (Å²) in [7, 11) is 0. The number of hydrogen-bond acceptors (Lipinski definition) is 3. The zero-order valence-corrected chi connectivity index (χ0v) is 8.03. The molecule has 5 N–H and O–H groups in total. The first-order valence-electron chi connectivity index (χ1n) is 4.01. The van der Waals surface area contributed by atoms with Crippen LogP contribution in [0, 0.1) is 0 Å². The van der Waals surface area contributed by atoms with Gasteiger partial charge in [0, 0.05) is 6.04 Å². The lowest BCUT2D eigenvalue weighted by Gasteiger charge is -2.14. The molecule has 0 aliphatic carbocycles. The number of rotatable bonds is 3. The molecule has 0 aromatic rings. The Kier molecular flexibility index (Phi) is 4.64. The molecule has 0 aliphatic heterocycles. The molecule has 2 amide bonds. The van der Waals surface area contributed by atoms with Crippen molar-refractivity contribution < 1.29 is 10.0 Å². The second kappa shape index (κ2) is 5.23. The van der Waals surface area contributed by atoms with Crippen LogP contribution in [0.2, 0.25) is 0 Å². The maximum Gasteiger partial charge on any atom is 0.315 e. The first-order chi connectivity index (χ1) is 5.97. The fraction of sp³-hybridized carbons (Fsp3) is 0.714. The van der Waals surface area contributed by atoms with Crippen molar-refractivity contribution >= 4 is 11.9 Å². The van der Waals surface area contributed by atoms with Gasteiger partial charge in [0.25, 0.3) is 0 Å². The molecule has 0 rings (SSSR count). The van der Waals surface area contributed by atoms with Gasteiger partial charge >= 0.3 is 6.03 Å². The molecule has 1 atom stereocenters. The molecule has 0 saturated heterocycles. The number of nitrogens with two attached hydrogens (primary N) is 1. The average Bonchev–Trinajstić information content (AvgIpc) is 2.01. The molecule has 0 bridgehead atoms. The van der Waals surface area contributed by atoms with Gasteiger partial charge in [0.2, 0.25) is 0 Å². The smallest absolute Gasteiger partial charge is 0.315 e. The quantitative estimate of drug-likeness (QED) is 0.214. The molecule has 0 radical (unpaired) electrons. The van der Waals surface area contributed by atoms with E-state index in [1.54, 1.807) is 6.92 Å². The number of amidine groups is 1. The number of urea groups is 1. The lowest BCUT2D eigenvalue weighted by Crippen LogP contribution is -2.48. The van der Waals surface area contributed by atoms with E-state index in [2.05, 4.69) is 15.8 Å². The highest BCUT2D eigenvalue weighted by Gasteiger charge is 2.10. The highest BCUT2D eigenvalue weighted by molar-refractivity contribution is 5.89. The third kappa shape index (κ3) is 4.89. The van der Waals surface area contributed by atoms with Crippen molar-refractivity contribution in [2.75, 3.05) is 0 Å². The van der Waals surface area contributed by atoms with E-state index in [0.29, 0.717) is 0 Å². The minimum Gasteiger partial charge on any atom is -0.409 e. The van der Waals surface area contributed by atoms with Crippen molar-refractivity contribution in [3.05, 3.63) is 0 Å². The normalized spacial score (nSPS) is 14.0. The van der Waals surface area contributed by atoms with Gasteiger partial charge in [-0.3, -0.25) is 0 Å². The van der Waals surface area contributed by atoms with Gasteiger partial charge in [-0.15, -0.1) is 0 Å². The van der Waals surface area contributed by atoms with Crippen molar-refractivity contribution in [1.29, 1.82) is 0 Å². The molecule has 6 heteroatoms. The zero-order valence-electron chi connectivity index (χ0n) is 8.03. The van der Waals surface area contributed by atoms with Crippen LogP contribution in [0.1, 0.15) is 20.8 Å². The first kappa shape index (κ1) is 11.5. The number of carbonyl (C=O) groups is 1. The second-order valence-corrected chi connectivity index (χ2v) is 3.02. The summed E-state index contributed by atoms with van der Waals surface area (Å²) in [4.78, 5) is 11.1. The van der Waals surface area contributed by atoms with Crippen molar-refractivity contribution in [3.8, 4) is 0 Å². The topological polar surface area (TPSA) is 99.7 Å². The van der Waals surface area contributed by atoms with E-state index in [9.17, 15) is 4.79 Å². The van der Waals surface area contributed by atoms with Gasteiger partial charge in [-0.2, -0.15) is 0 Å². The Bertz CT molecular complexity index is 203.